The van der Waals surface area contributed by atoms with Gasteiger partial charge >= 0.3 is 0 Å². The fourth-order valence-electron chi connectivity index (χ4n) is 5.52. The number of piperidine rings is 1. The molecule has 1 aromatic carbocycles. The first-order chi connectivity index (χ1) is 15.2. The molecule has 0 bridgehead atoms. The molecule has 0 unspecified atom stereocenters. The van der Waals surface area contributed by atoms with E-state index in [1.807, 2.05) is 6.07 Å². The Bertz CT molecular complexity index is 848. The lowest BCUT2D eigenvalue weighted by Gasteiger charge is -2.33. The average Bonchev–Trinajstić information content (AvgIpc) is 2.84. The van der Waals surface area contributed by atoms with E-state index in [1.165, 1.54) is 80.1 Å². The number of nitrogens with zero attached hydrogens (tertiary/aromatic N) is 2. The van der Waals surface area contributed by atoms with Crippen molar-refractivity contribution in [3.05, 3.63) is 65.9 Å². The number of hydrogen-bond acceptors (Lipinski definition) is 3. The fraction of sp³-hybridized carbons (Fsp3) is 0.536. The quantitative estimate of drug-likeness (QED) is 0.487. The van der Waals surface area contributed by atoms with Crippen molar-refractivity contribution >= 4 is 5.57 Å². The molecule has 1 saturated heterocycles. The van der Waals surface area contributed by atoms with E-state index < -0.39 is 0 Å². The number of hydrogen-bond donors (Lipinski definition) is 0. The van der Waals surface area contributed by atoms with Crippen molar-refractivity contribution in [1.82, 2.24) is 9.88 Å². The number of rotatable bonds is 8. The molecule has 0 spiro atoms. The summed E-state index contributed by atoms with van der Waals surface area (Å²) in [7, 11) is 1.70. The van der Waals surface area contributed by atoms with Crippen LogP contribution >= 0.6 is 0 Å². The van der Waals surface area contributed by atoms with Crippen molar-refractivity contribution in [3.8, 4) is 5.88 Å². The van der Waals surface area contributed by atoms with Crippen LogP contribution in [0.25, 0.3) is 5.57 Å². The number of likely N-dealkylation sites (tertiary alicyclic amines) is 1. The van der Waals surface area contributed by atoms with E-state index in [2.05, 4.69) is 46.8 Å². The maximum Gasteiger partial charge on any atom is 0.217 e. The molecule has 1 aliphatic carbocycles. The maximum atomic E-state index is 5.43. The lowest BCUT2D eigenvalue weighted by atomic mass is 9.81. The highest BCUT2D eigenvalue weighted by Crippen LogP contribution is 2.34. The van der Waals surface area contributed by atoms with Crippen LogP contribution in [0.4, 0.5) is 0 Å². The molecule has 31 heavy (non-hydrogen) atoms. The van der Waals surface area contributed by atoms with Gasteiger partial charge in [-0.15, -0.1) is 0 Å². The molecule has 0 atom stereocenters. The van der Waals surface area contributed by atoms with E-state index in [-0.39, 0.29) is 0 Å². The fourth-order valence-corrected chi connectivity index (χ4v) is 5.52. The Morgan fingerprint density at radius 3 is 2.52 bits per heavy atom. The molecule has 0 N–H and O–H groups in total. The lowest BCUT2D eigenvalue weighted by molar-refractivity contribution is 0.196. The van der Waals surface area contributed by atoms with Crippen molar-refractivity contribution in [2.75, 3.05) is 20.2 Å². The van der Waals surface area contributed by atoms with Gasteiger partial charge in [-0.05, 0) is 73.4 Å². The number of ether oxygens (including phenoxy) is 1. The highest BCUT2D eigenvalue weighted by molar-refractivity contribution is 5.68. The third-order valence-electron chi connectivity index (χ3n) is 7.43. The molecule has 3 nitrogen and oxygen atoms in total. The van der Waals surface area contributed by atoms with Gasteiger partial charge in [0.2, 0.25) is 5.88 Å². The molecule has 2 aliphatic rings. The van der Waals surface area contributed by atoms with Crippen LogP contribution < -0.4 is 4.74 Å². The molecule has 1 aromatic heterocycles. The van der Waals surface area contributed by atoms with Gasteiger partial charge in [-0.2, -0.15) is 0 Å². The van der Waals surface area contributed by atoms with Gasteiger partial charge in [-0.25, -0.2) is 4.98 Å². The van der Waals surface area contributed by atoms with Crippen molar-refractivity contribution in [1.29, 1.82) is 0 Å². The predicted octanol–water partition coefficient (Wildman–Crippen LogP) is 6.53. The Hall–Kier alpha value is -2.13. The zero-order chi connectivity index (χ0) is 21.5. The number of aryl methyl sites for hydroxylation is 1. The Kier molecular flexibility index (Phi) is 7.80. The summed E-state index contributed by atoms with van der Waals surface area (Å²) in [5, 5.41) is 0. The van der Waals surface area contributed by atoms with Crippen LogP contribution in [0.5, 0.6) is 5.88 Å². The molecule has 166 valence electrons. The summed E-state index contributed by atoms with van der Waals surface area (Å²) in [6, 6.07) is 13.2. The van der Waals surface area contributed by atoms with E-state index in [9.17, 15) is 0 Å². The van der Waals surface area contributed by atoms with Crippen LogP contribution in [-0.2, 0) is 13.0 Å². The van der Waals surface area contributed by atoms with Crippen LogP contribution in [-0.4, -0.2) is 30.1 Å². The van der Waals surface area contributed by atoms with Crippen molar-refractivity contribution in [2.24, 2.45) is 11.8 Å². The highest BCUT2D eigenvalue weighted by Gasteiger charge is 2.24. The van der Waals surface area contributed by atoms with Crippen LogP contribution in [0.2, 0.25) is 0 Å². The molecule has 1 saturated carbocycles. The van der Waals surface area contributed by atoms with Gasteiger partial charge in [0.1, 0.15) is 0 Å². The molecule has 4 rings (SSSR count). The van der Waals surface area contributed by atoms with Gasteiger partial charge in [-0.3, -0.25) is 4.90 Å². The summed E-state index contributed by atoms with van der Waals surface area (Å²) in [6.07, 6.45) is 13.9. The molecule has 3 heteroatoms. The molecular formula is C28H38N2O. The Morgan fingerprint density at radius 2 is 1.74 bits per heavy atom. The smallest absolute Gasteiger partial charge is 0.217 e. The van der Waals surface area contributed by atoms with E-state index in [0.717, 1.165) is 31.4 Å². The maximum absolute atomic E-state index is 5.43. The number of benzene rings is 1. The van der Waals surface area contributed by atoms with Crippen molar-refractivity contribution in [3.63, 3.8) is 0 Å². The van der Waals surface area contributed by atoms with Gasteiger partial charge in [0.15, 0.2) is 0 Å². The summed E-state index contributed by atoms with van der Waals surface area (Å²) in [6.45, 7) is 7.71. The standard InChI is InChI=1S/C28H38N2O/c1-22(27-13-7-6-11-25(27)15-14-23-9-4-3-5-10-23)24-16-19-30(20-17-24)21-26-12-8-18-29-28(26)31-2/h6-8,11-13,18,23-24H,1,3-5,9-10,14-17,19-21H2,2H3. The van der Waals surface area contributed by atoms with Crippen LogP contribution in [0.3, 0.4) is 0 Å². The minimum atomic E-state index is 0.586. The second kappa shape index (κ2) is 10.9. The topological polar surface area (TPSA) is 25.4 Å². The summed E-state index contributed by atoms with van der Waals surface area (Å²) in [4.78, 5) is 6.87. The Balaban J connectivity index is 1.33. The summed E-state index contributed by atoms with van der Waals surface area (Å²) < 4.78 is 5.43. The van der Waals surface area contributed by atoms with E-state index in [1.54, 1.807) is 13.3 Å². The summed E-state index contributed by atoms with van der Waals surface area (Å²) >= 11 is 0. The third-order valence-corrected chi connectivity index (χ3v) is 7.43. The minimum Gasteiger partial charge on any atom is -0.481 e. The van der Waals surface area contributed by atoms with Gasteiger partial charge < -0.3 is 4.74 Å². The largest absolute Gasteiger partial charge is 0.481 e. The van der Waals surface area contributed by atoms with E-state index >= 15 is 0 Å². The Labute approximate surface area is 188 Å². The number of allylic oxidation sites excluding steroid dienone is 1. The molecule has 0 radical (unpaired) electrons. The zero-order valence-electron chi connectivity index (χ0n) is 19.2. The van der Waals surface area contributed by atoms with Crippen LogP contribution in [0, 0.1) is 11.8 Å². The zero-order valence-corrected chi connectivity index (χ0v) is 19.2. The second-order valence-corrected chi connectivity index (χ2v) is 9.45. The monoisotopic (exact) mass is 418 g/mol. The molecule has 2 fully saturated rings. The average molecular weight is 419 g/mol. The van der Waals surface area contributed by atoms with Crippen molar-refractivity contribution in [2.45, 2.75) is 64.3 Å². The normalized spacial score (nSPS) is 18.7. The molecule has 2 heterocycles. The number of pyridine rings is 1. The van der Waals surface area contributed by atoms with Gasteiger partial charge in [0, 0.05) is 18.3 Å². The minimum absolute atomic E-state index is 0.586. The number of methoxy groups -OCH3 is 1. The van der Waals surface area contributed by atoms with Gasteiger partial charge in [0.05, 0.1) is 7.11 Å². The summed E-state index contributed by atoms with van der Waals surface area (Å²) in [5.41, 5.74) is 5.47. The van der Waals surface area contributed by atoms with Crippen molar-refractivity contribution < 1.29 is 4.74 Å². The molecular weight excluding hydrogens is 380 g/mol. The molecule has 0 amide bonds. The predicted molar refractivity (Wildman–Crippen MR) is 129 cm³/mol. The van der Waals surface area contributed by atoms with Crippen LogP contribution in [0.1, 0.15) is 68.1 Å². The van der Waals surface area contributed by atoms with E-state index in [4.69, 9.17) is 4.74 Å². The first-order valence-electron chi connectivity index (χ1n) is 12.2. The Morgan fingerprint density at radius 1 is 1.00 bits per heavy atom. The molecule has 1 aliphatic heterocycles. The number of aromatic nitrogens is 1. The lowest BCUT2D eigenvalue weighted by Crippen LogP contribution is -2.33. The van der Waals surface area contributed by atoms with E-state index in [0.29, 0.717) is 5.92 Å². The molecule has 2 aromatic rings. The highest BCUT2D eigenvalue weighted by atomic mass is 16.5. The van der Waals surface area contributed by atoms with Gasteiger partial charge in [-0.1, -0.05) is 69.0 Å². The second-order valence-electron chi connectivity index (χ2n) is 9.45. The first-order valence-corrected chi connectivity index (χ1v) is 12.2. The first kappa shape index (κ1) is 22.1. The summed E-state index contributed by atoms with van der Waals surface area (Å²) in [5.74, 6) is 2.27. The third kappa shape index (κ3) is 5.77. The van der Waals surface area contributed by atoms with Crippen LogP contribution in [0.15, 0.2) is 49.2 Å². The van der Waals surface area contributed by atoms with Gasteiger partial charge in [0.25, 0.3) is 0 Å². The SMILES string of the molecule is C=C(c1ccccc1CCC1CCCCC1)C1CCN(Cc2cccnc2OC)CC1.